The summed E-state index contributed by atoms with van der Waals surface area (Å²) in [5.74, 6) is 0.817. The minimum Gasteiger partial charge on any atom is -0.370 e. The fraction of sp³-hybridized carbons (Fsp3) is 1.00. The Morgan fingerprint density at radius 3 is 2.71 bits per heavy atom. The summed E-state index contributed by atoms with van der Waals surface area (Å²) < 4.78 is 5.00. The molecule has 0 amide bonds. The molecule has 0 bridgehead atoms. The Labute approximate surface area is 87.8 Å². The number of hydrogen-bond acceptors (Lipinski definition) is 3. The standard InChI is InChI=1S/C11H24N2O/c1-11(2,8-12-9-14-4)10-5-6-13(3)7-10/h10,12H,5-9H2,1-4H3. The molecule has 1 fully saturated rings. The molecule has 14 heavy (non-hydrogen) atoms. The van der Waals surface area contributed by atoms with Crippen molar-refractivity contribution in [3.63, 3.8) is 0 Å². The Morgan fingerprint density at radius 1 is 1.50 bits per heavy atom. The van der Waals surface area contributed by atoms with E-state index >= 15 is 0 Å². The van der Waals surface area contributed by atoms with Gasteiger partial charge in [0.1, 0.15) is 0 Å². The molecule has 1 unspecified atom stereocenters. The minimum atomic E-state index is 0.378. The van der Waals surface area contributed by atoms with Crippen LogP contribution in [0.2, 0.25) is 0 Å². The van der Waals surface area contributed by atoms with Crippen molar-refractivity contribution < 1.29 is 4.74 Å². The van der Waals surface area contributed by atoms with Gasteiger partial charge in [0.15, 0.2) is 0 Å². The Balaban J connectivity index is 2.32. The van der Waals surface area contributed by atoms with Gasteiger partial charge in [0.2, 0.25) is 0 Å². The first-order valence-corrected chi connectivity index (χ1v) is 5.44. The minimum absolute atomic E-state index is 0.378. The van der Waals surface area contributed by atoms with E-state index in [1.807, 2.05) is 0 Å². The fourth-order valence-corrected chi connectivity index (χ4v) is 2.19. The van der Waals surface area contributed by atoms with Crippen LogP contribution in [0.1, 0.15) is 20.3 Å². The molecule has 3 nitrogen and oxygen atoms in total. The zero-order chi connectivity index (χ0) is 10.6. The van der Waals surface area contributed by atoms with Gasteiger partial charge in [-0.1, -0.05) is 13.8 Å². The molecular weight excluding hydrogens is 176 g/mol. The van der Waals surface area contributed by atoms with Gasteiger partial charge in [-0.3, -0.25) is 5.32 Å². The second kappa shape index (κ2) is 5.10. The average Bonchev–Trinajstić information content (AvgIpc) is 2.53. The van der Waals surface area contributed by atoms with Crippen molar-refractivity contribution in [2.24, 2.45) is 11.3 Å². The largest absolute Gasteiger partial charge is 0.370 e. The molecular formula is C11H24N2O. The van der Waals surface area contributed by atoms with E-state index in [1.54, 1.807) is 7.11 Å². The van der Waals surface area contributed by atoms with Gasteiger partial charge in [-0.15, -0.1) is 0 Å². The summed E-state index contributed by atoms with van der Waals surface area (Å²) in [7, 11) is 3.93. The van der Waals surface area contributed by atoms with Crippen molar-refractivity contribution in [2.75, 3.05) is 40.5 Å². The number of hydrogen-bond donors (Lipinski definition) is 1. The van der Waals surface area contributed by atoms with E-state index in [4.69, 9.17) is 4.74 Å². The highest BCUT2D eigenvalue weighted by Gasteiger charge is 2.33. The Bertz CT molecular complexity index is 171. The molecule has 84 valence electrons. The molecule has 1 heterocycles. The van der Waals surface area contributed by atoms with Crippen molar-refractivity contribution in [1.29, 1.82) is 0 Å². The summed E-state index contributed by atoms with van der Waals surface area (Å²) in [5, 5.41) is 3.33. The van der Waals surface area contributed by atoms with Gasteiger partial charge < -0.3 is 9.64 Å². The predicted octanol–water partition coefficient (Wildman–Crippen LogP) is 1.16. The summed E-state index contributed by atoms with van der Waals surface area (Å²) in [4.78, 5) is 2.42. The molecule has 0 aliphatic carbocycles. The van der Waals surface area contributed by atoms with Gasteiger partial charge in [0.25, 0.3) is 0 Å². The Kier molecular flexibility index (Phi) is 4.35. The molecule has 1 aliphatic rings. The number of nitrogens with zero attached hydrogens (tertiary/aromatic N) is 1. The van der Waals surface area contributed by atoms with Crippen LogP contribution in [0, 0.1) is 11.3 Å². The molecule has 3 heteroatoms. The van der Waals surface area contributed by atoms with Crippen LogP contribution in [0.25, 0.3) is 0 Å². The summed E-state index contributed by atoms with van der Waals surface area (Å²) >= 11 is 0. The van der Waals surface area contributed by atoms with Crippen molar-refractivity contribution in [1.82, 2.24) is 10.2 Å². The number of methoxy groups -OCH3 is 1. The van der Waals surface area contributed by atoms with Crippen LogP contribution in [0.5, 0.6) is 0 Å². The normalized spacial score (nSPS) is 24.4. The molecule has 1 aliphatic heterocycles. The molecule has 0 aromatic rings. The number of nitrogens with one attached hydrogen (secondary N) is 1. The van der Waals surface area contributed by atoms with Crippen molar-refractivity contribution in [3.8, 4) is 0 Å². The van der Waals surface area contributed by atoms with Crippen molar-refractivity contribution >= 4 is 0 Å². The summed E-state index contributed by atoms with van der Waals surface area (Å²) in [6, 6.07) is 0. The second-order valence-corrected chi connectivity index (χ2v) is 5.10. The van der Waals surface area contributed by atoms with Gasteiger partial charge in [-0.05, 0) is 31.3 Å². The Hall–Kier alpha value is -0.120. The van der Waals surface area contributed by atoms with E-state index < -0.39 is 0 Å². The van der Waals surface area contributed by atoms with Crippen LogP contribution in [0.15, 0.2) is 0 Å². The molecule has 1 saturated heterocycles. The van der Waals surface area contributed by atoms with E-state index in [0.29, 0.717) is 12.1 Å². The topological polar surface area (TPSA) is 24.5 Å². The van der Waals surface area contributed by atoms with Gasteiger partial charge in [-0.2, -0.15) is 0 Å². The molecule has 0 aromatic heterocycles. The third-order valence-electron chi connectivity index (χ3n) is 3.32. The maximum atomic E-state index is 5.00. The molecule has 0 aromatic carbocycles. The predicted molar refractivity (Wildman–Crippen MR) is 59.3 cm³/mol. The van der Waals surface area contributed by atoms with Gasteiger partial charge in [0, 0.05) is 20.2 Å². The first-order chi connectivity index (χ1) is 6.56. The molecule has 0 radical (unpaired) electrons. The highest BCUT2D eigenvalue weighted by molar-refractivity contribution is 4.86. The summed E-state index contributed by atoms with van der Waals surface area (Å²) in [6.07, 6.45) is 1.33. The molecule has 0 saturated carbocycles. The Morgan fingerprint density at radius 2 is 2.21 bits per heavy atom. The zero-order valence-electron chi connectivity index (χ0n) is 9.97. The van der Waals surface area contributed by atoms with Crippen LogP contribution in [0.4, 0.5) is 0 Å². The van der Waals surface area contributed by atoms with Crippen LogP contribution in [0.3, 0.4) is 0 Å². The third kappa shape index (κ3) is 3.23. The molecule has 1 atom stereocenters. The zero-order valence-corrected chi connectivity index (χ0v) is 9.97. The number of ether oxygens (including phenoxy) is 1. The van der Waals surface area contributed by atoms with Gasteiger partial charge in [0.05, 0.1) is 6.73 Å². The highest BCUT2D eigenvalue weighted by atomic mass is 16.5. The van der Waals surface area contributed by atoms with Crippen molar-refractivity contribution in [2.45, 2.75) is 20.3 Å². The number of likely N-dealkylation sites (tertiary alicyclic amines) is 1. The summed E-state index contributed by atoms with van der Waals surface area (Å²) in [5.41, 5.74) is 0.378. The van der Waals surface area contributed by atoms with E-state index in [1.165, 1.54) is 19.5 Å². The van der Waals surface area contributed by atoms with E-state index in [9.17, 15) is 0 Å². The lowest BCUT2D eigenvalue weighted by Gasteiger charge is -2.31. The molecule has 1 rings (SSSR count). The monoisotopic (exact) mass is 200 g/mol. The lowest BCUT2D eigenvalue weighted by Crippen LogP contribution is -2.37. The van der Waals surface area contributed by atoms with E-state index in [0.717, 1.165) is 12.5 Å². The molecule has 1 N–H and O–H groups in total. The highest BCUT2D eigenvalue weighted by Crippen LogP contribution is 2.32. The average molecular weight is 200 g/mol. The summed E-state index contributed by atoms with van der Waals surface area (Å²) in [6.45, 7) is 8.88. The van der Waals surface area contributed by atoms with Crippen LogP contribution in [-0.2, 0) is 4.74 Å². The lowest BCUT2D eigenvalue weighted by atomic mass is 9.78. The molecule has 0 spiro atoms. The first-order valence-electron chi connectivity index (χ1n) is 5.44. The van der Waals surface area contributed by atoms with E-state index in [-0.39, 0.29) is 0 Å². The van der Waals surface area contributed by atoms with E-state index in [2.05, 4.69) is 31.1 Å². The SMILES string of the molecule is COCNCC(C)(C)C1CCN(C)C1. The maximum Gasteiger partial charge on any atom is 0.0961 e. The first kappa shape index (κ1) is 12.0. The van der Waals surface area contributed by atoms with Gasteiger partial charge >= 0.3 is 0 Å². The fourth-order valence-electron chi connectivity index (χ4n) is 2.19. The smallest absolute Gasteiger partial charge is 0.0961 e. The maximum absolute atomic E-state index is 5.00. The quantitative estimate of drug-likeness (QED) is 0.532. The second-order valence-electron chi connectivity index (χ2n) is 5.10. The van der Waals surface area contributed by atoms with Crippen LogP contribution < -0.4 is 5.32 Å². The lowest BCUT2D eigenvalue weighted by molar-refractivity contribution is 0.139. The van der Waals surface area contributed by atoms with Crippen LogP contribution >= 0.6 is 0 Å². The van der Waals surface area contributed by atoms with Gasteiger partial charge in [-0.25, -0.2) is 0 Å². The van der Waals surface area contributed by atoms with Crippen molar-refractivity contribution in [3.05, 3.63) is 0 Å². The third-order valence-corrected chi connectivity index (χ3v) is 3.32. The number of rotatable bonds is 5. The van der Waals surface area contributed by atoms with Crippen LogP contribution in [-0.4, -0.2) is 45.4 Å².